The van der Waals surface area contributed by atoms with Crippen LogP contribution >= 0.6 is 35.7 Å². The van der Waals surface area contributed by atoms with E-state index in [1.807, 2.05) is 43.3 Å². The molecule has 0 atom stereocenters. The fraction of sp³-hybridized carbons (Fsp3) is 0.158. The Kier molecular flexibility index (Phi) is 6.24. The molecule has 2 aromatic rings. The zero-order valence-corrected chi connectivity index (χ0v) is 16.5. The van der Waals surface area contributed by atoms with Gasteiger partial charge in [-0.2, -0.15) is 0 Å². The van der Waals surface area contributed by atoms with Crippen LogP contribution in [0.5, 0.6) is 11.5 Å². The largest absolute Gasteiger partial charge is 0.504 e. The lowest BCUT2D eigenvalue weighted by Gasteiger charge is -2.12. The monoisotopic (exact) mass is 403 g/mol. The van der Waals surface area contributed by atoms with Crippen molar-refractivity contribution in [3.63, 3.8) is 0 Å². The molecule has 0 radical (unpaired) electrons. The minimum absolute atomic E-state index is 0.136. The van der Waals surface area contributed by atoms with Gasteiger partial charge < -0.3 is 15.2 Å². The van der Waals surface area contributed by atoms with E-state index < -0.39 is 0 Å². The second-order valence-corrected chi connectivity index (χ2v) is 8.18. The lowest BCUT2D eigenvalue weighted by Crippen LogP contribution is -2.17. The molecule has 1 saturated heterocycles. The molecule has 4 nitrogen and oxygen atoms in total. The van der Waals surface area contributed by atoms with E-state index >= 15 is 0 Å². The van der Waals surface area contributed by atoms with Crippen molar-refractivity contribution in [3.8, 4) is 11.5 Å². The number of hydrogen-bond donors (Lipinski definition) is 2. The van der Waals surface area contributed by atoms with Crippen LogP contribution < -0.4 is 10.1 Å². The number of amides is 1. The van der Waals surface area contributed by atoms with Crippen molar-refractivity contribution in [1.29, 1.82) is 0 Å². The molecular weight excluding hydrogens is 386 g/mol. The van der Waals surface area contributed by atoms with Gasteiger partial charge in [0.2, 0.25) is 0 Å². The summed E-state index contributed by atoms with van der Waals surface area (Å²) in [5.41, 5.74) is 1.54. The smallest absolute Gasteiger partial charge is 0.263 e. The van der Waals surface area contributed by atoms with Gasteiger partial charge in [0.05, 0.1) is 11.5 Å². The van der Waals surface area contributed by atoms with Crippen LogP contribution in [0.2, 0.25) is 0 Å². The van der Waals surface area contributed by atoms with Crippen molar-refractivity contribution in [2.75, 3.05) is 6.61 Å². The fourth-order valence-electron chi connectivity index (χ4n) is 2.40. The third kappa shape index (κ3) is 4.60. The van der Waals surface area contributed by atoms with Crippen molar-refractivity contribution in [1.82, 2.24) is 5.32 Å². The summed E-state index contributed by atoms with van der Waals surface area (Å²) in [5, 5.41) is 13.1. The Morgan fingerprint density at radius 2 is 2.08 bits per heavy atom. The Morgan fingerprint density at radius 3 is 2.73 bits per heavy atom. The summed E-state index contributed by atoms with van der Waals surface area (Å²) in [6, 6.07) is 13.6. The normalized spacial score (nSPS) is 15.3. The SMILES string of the molecule is CCOc1cc(C=C2SC(=S)NC2=O)cc(CSc2ccccc2)c1O. The van der Waals surface area contributed by atoms with Crippen LogP contribution in [0, 0.1) is 0 Å². The van der Waals surface area contributed by atoms with Gasteiger partial charge in [0.1, 0.15) is 4.32 Å². The number of phenols is 1. The number of thioether (sulfide) groups is 2. The van der Waals surface area contributed by atoms with Gasteiger partial charge in [0, 0.05) is 16.2 Å². The number of phenolic OH excluding ortho intramolecular Hbond substituents is 1. The number of carbonyl (C=O) groups excluding carboxylic acids is 1. The van der Waals surface area contributed by atoms with E-state index in [0.29, 0.717) is 27.3 Å². The lowest BCUT2D eigenvalue weighted by atomic mass is 10.1. The van der Waals surface area contributed by atoms with Crippen molar-refractivity contribution >= 4 is 52.0 Å². The molecule has 3 rings (SSSR count). The van der Waals surface area contributed by atoms with E-state index in [1.54, 1.807) is 23.9 Å². The molecule has 1 amide bonds. The maximum Gasteiger partial charge on any atom is 0.263 e. The molecule has 0 aliphatic carbocycles. The molecular formula is C19H17NO3S3. The molecule has 1 aliphatic rings. The first-order chi connectivity index (χ1) is 12.6. The van der Waals surface area contributed by atoms with E-state index in [1.165, 1.54) is 11.8 Å². The topological polar surface area (TPSA) is 58.6 Å². The number of hydrogen-bond acceptors (Lipinski definition) is 6. The third-order valence-corrected chi connectivity index (χ3v) is 5.78. The number of aromatic hydroxyl groups is 1. The van der Waals surface area contributed by atoms with E-state index in [2.05, 4.69) is 5.32 Å². The Bertz CT molecular complexity index is 866. The molecule has 1 fully saturated rings. The van der Waals surface area contributed by atoms with E-state index in [9.17, 15) is 9.90 Å². The summed E-state index contributed by atoms with van der Waals surface area (Å²) in [7, 11) is 0. The zero-order valence-electron chi connectivity index (χ0n) is 14.0. The van der Waals surface area contributed by atoms with E-state index in [0.717, 1.165) is 16.0 Å². The highest BCUT2D eigenvalue weighted by atomic mass is 32.2. The van der Waals surface area contributed by atoms with Crippen molar-refractivity contribution in [3.05, 3.63) is 58.5 Å². The number of nitrogens with one attached hydrogen (secondary N) is 1. The van der Waals surface area contributed by atoms with Crippen LogP contribution in [0.3, 0.4) is 0 Å². The third-order valence-electron chi connectivity index (χ3n) is 3.55. The molecule has 1 aliphatic heterocycles. The molecule has 26 heavy (non-hydrogen) atoms. The average Bonchev–Trinajstić information content (AvgIpc) is 2.94. The summed E-state index contributed by atoms with van der Waals surface area (Å²) < 4.78 is 6.01. The first kappa shape index (κ1) is 18.8. The van der Waals surface area contributed by atoms with Crippen LogP contribution in [0.25, 0.3) is 6.08 Å². The minimum atomic E-state index is -0.203. The molecule has 0 spiro atoms. The predicted molar refractivity (Wildman–Crippen MR) is 112 cm³/mol. The summed E-state index contributed by atoms with van der Waals surface area (Å²) in [6.45, 7) is 2.31. The van der Waals surface area contributed by atoms with E-state index in [-0.39, 0.29) is 11.7 Å². The molecule has 2 N–H and O–H groups in total. The summed E-state index contributed by atoms with van der Waals surface area (Å²) in [5.74, 6) is 0.934. The predicted octanol–water partition coefficient (Wildman–Crippen LogP) is 4.57. The Balaban J connectivity index is 1.90. The molecule has 0 unspecified atom stereocenters. The van der Waals surface area contributed by atoms with Gasteiger partial charge in [-0.3, -0.25) is 4.79 Å². The Hall–Kier alpha value is -1.96. The van der Waals surface area contributed by atoms with Gasteiger partial charge in [-0.05, 0) is 42.8 Å². The Labute approximate surface area is 166 Å². The molecule has 0 aromatic heterocycles. The number of carbonyl (C=O) groups is 1. The second-order valence-electron chi connectivity index (χ2n) is 5.41. The number of thiocarbonyl (C=S) groups is 1. The van der Waals surface area contributed by atoms with Crippen LogP contribution in [-0.4, -0.2) is 21.9 Å². The highest BCUT2D eigenvalue weighted by Gasteiger charge is 2.22. The molecule has 134 valence electrons. The maximum absolute atomic E-state index is 11.9. The molecule has 2 aromatic carbocycles. The highest BCUT2D eigenvalue weighted by Crippen LogP contribution is 2.37. The lowest BCUT2D eigenvalue weighted by molar-refractivity contribution is -0.115. The molecule has 7 heteroatoms. The van der Waals surface area contributed by atoms with Crippen LogP contribution in [-0.2, 0) is 10.5 Å². The summed E-state index contributed by atoms with van der Waals surface area (Å²) in [4.78, 5) is 13.5. The zero-order chi connectivity index (χ0) is 18.5. The number of benzene rings is 2. The van der Waals surface area contributed by atoms with Crippen LogP contribution in [0.1, 0.15) is 18.1 Å². The first-order valence-corrected chi connectivity index (χ1v) is 10.2. The van der Waals surface area contributed by atoms with Crippen molar-refractivity contribution in [2.45, 2.75) is 17.6 Å². The van der Waals surface area contributed by atoms with E-state index in [4.69, 9.17) is 17.0 Å². The van der Waals surface area contributed by atoms with Gasteiger partial charge in [-0.1, -0.05) is 42.2 Å². The van der Waals surface area contributed by atoms with Gasteiger partial charge >= 0.3 is 0 Å². The van der Waals surface area contributed by atoms with Crippen molar-refractivity contribution < 1.29 is 14.6 Å². The van der Waals surface area contributed by atoms with Crippen LogP contribution in [0.15, 0.2) is 52.3 Å². The first-order valence-electron chi connectivity index (χ1n) is 7.98. The Morgan fingerprint density at radius 1 is 1.31 bits per heavy atom. The summed E-state index contributed by atoms with van der Waals surface area (Å²) in [6.07, 6.45) is 1.76. The fourth-order valence-corrected chi connectivity index (χ4v) is 4.33. The molecule has 0 saturated carbocycles. The van der Waals surface area contributed by atoms with Gasteiger partial charge in [-0.25, -0.2) is 0 Å². The maximum atomic E-state index is 11.9. The minimum Gasteiger partial charge on any atom is -0.504 e. The highest BCUT2D eigenvalue weighted by molar-refractivity contribution is 8.26. The van der Waals surface area contributed by atoms with Gasteiger partial charge in [0.25, 0.3) is 5.91 Å². The van der Waals surface area contributed by atoms with Gasteiger partial charge in [0.15, 0.2) is 11.5 Å². The van der Waals surface area contributed by atoms with Crippen LogP contribution in [0.4, 0.5) is 0 Å². The number of rotatable bonds is 6. The van der Waals surface area contributed by atoms with Gasteiger partial charge in [-0.15, -0.1) is 11.8 Å². The number of ether oxygens (including phenoxy) is 1. The van der Waals surface area contributed by atoms with Crippen molar-refractivity contribution in [2.24, 2.45) is 0 Å². The summed E-state index contributed by atoms with van der Waals surface area (Å²) >= 11 is 7.88. The molecule has 1 heterocycles. The molecule has 0 bridgehead atoms. The average molecular weight is 404 g/mol. The standard InChI is InChI=1S/C19H17NO3S3/c1-2-23-15-9-12(10-16-18(22)20-19(24)26-16)8-13(17(15)21)11-25-14-6-4-3-5-7-14/h3-10,21H,2,11H2,1H3,(H,20,22,24). The second kappa shape index (κ2) is 8.62. The quantitative estimate of drug-likeness (QED) is 0.419.